The molecule has 0 spiro atoms. The summed E-state index contributed by atoms with van der Waals surface area (Å²) >= 11 is 0. The van der Waals surface area contributed by atoms with Crippen molar-refractivity contribution in [1.82, 2.24) is 0 Å². The molecule has 1 heteroatoms. The normalized spacial score (nSPS) is 14.1. The van der Waals surface area contributed by atoms with Gasteiger partial charge in [-0.15, -0.1) is 0 Å². The first-order valence-electron chi connectivity index (χ1n) is 6.56. The van der Waals surface area contributed by atoms with Crippen LogP contribution in [0.25, 0.3) is 0 Å². The van der Waals surface area contributed by atoms with Crippen LogP contribution in [-0.4, -0.2) is 5.11 Å². The number of aliphatic hydroxyl groups is 1. The molecule has 2 aromatic carbocycles. The highest BCUT2D eigenvalue weighted by molar-refractivity contribution is 5.26. The van der Waals surface area contributed by atoms with Gasteiger partial charge in [0, 0.05) is 6.42 Å². The van der Waals surface area contributed by atoms with Crippen molar-refractivity contribution in [3.05, 3.63) is 71.8 Å². The van der Waals surface area contributed by atoms with Crippen molar-refractivity contribution in [2.24, 2.45) is 0 Å². The van der Waals surface area contributed by atoms with Gasteiger partial charge in [-0.2, -0.15) is 0 Å². The first-order chi connectivity index (χ1) is 8.74. The maximum atomic E-state index is 10.9. The van der Waals surface area contributed by atoms with Crippen LogP contribution in [0.4, 0.5) is 0 Å². The van der Waals surface area contributed by atoms with Gasteiger partial charge in [0.05, 0.1) is 5.60 Å². The summed E-state index contributed by atoms with van der Waals surface area (Å²) in [5.74, 6) is 0. The topological polar surface area (TPSA) is 20.2 Å². The SMILES string of the molecule is CCC[C@](O)(Cc1ccccc1)c1ccccc1. The third-order valence-corrected chi connectivity index (χ3v) is 3.31. The summed E-state index contributed by atoms with van der Waals surface area (Å²) < 4.78 is 0. The average Bonchev–Trinajstić information content (AvgIpc) is 2.41. The van der Waals surface area contributed by atoms with Crippen molar-refractivity contribution in [3.8, 4) is 0 Å². The molecule has 0 aromatic heterocycles. The van der Waals surface area contributed by atoms with Crippen molar-refractivity contribution in [1.29, 1.82) is 0 Å². The van der Waals surface area contributed by atoms with E-state index in [1.54, 1.807) is 0 Å². The molecule has 0 unspecified atom stereocenters. The van der Waals surface area contributed by atoms with Gasteiger partial charge in [0.2, 0.25) is 0 Å². The van der Waals surface area contributed by atoms with Crippen molar-refractivity contribution >= 4 is 0 Å². The van der Waals surface area contributed by atoms with Crippen LogP contribution >= 0.6 is 0 Å². The van der Waals surface area contributed by atoms with E-state index in [0.29, 0.717) is 6.42 Å². The molecule has 0 aliphatic carbocycles. The zero-order valence-electron chi connectivity index (χ0n) is 10.8. The molecule has 0 saturated carbocycles. The molecule has 1 atom stereocenters. The van der Waals surface area contributed by atoms with Gasteiger partial charge < -0.3 is 5.11 Å². The molecule has 0 bridgehead atoms. The summed E-state index contributed by atoms with van der Waals surface area (Å²) in [7, 11) is 0. The number of hydrogen-bond donors (Lipinski definition) is 1. The number of rotatable bonds is 5. The van der Waals surface area contributed by atoms with Crippen LogP contribution in [-0.2, 0) is 12.0 Å². The van der Waals surface area contributed by atoms with E-state index in [0.717, 1.165) is 18.4 Å². The standard InChI is InChI=1S/C17H20O/c1-2-13-17(18,16-11-7-4-8-12-16)14-15-9-5-3-6-10-15/h3-12,18H,2,13-14H2,1H3/t17-/m0/s1. The van der Waals surface area contributed by atoms with Gasteiger partial charge >= 0.3 is 0 Å². The fourth-order valence-corrected chi connectivity index (χ4v) is 2.43. The molecule has 94 valence electrons. The highest BCUT2D eigenvalue weighted by Gasteiger charge is 2.28. The Hall–Kier alpha value is -1.60. The number of hydrogen-bond acceptors (Lipinski definition) is 1. The fourth-order valence-electron chi connectivity index (χ4n) is 2.43. The second kappa shape index (κ2) is 5.83. The summed E-state index contributed by atoms with van der Waals surface area (Å²) in [6.45, 7) is 2.11. The summed E-state index contributed by atoms with van der Waals surface area (Å²) in [5.41, 5.74) is 1.44. The Kier molecular flexibility index (Phi) is 4.16. The lowest BCUT2D eigenvalue weighted by Crippen LogP contribution is -2.28. The van der Waals surface area contributed by atoms with E-state index in [-0.39, 0.29) is 0 Å². The van der Waals surface area contributed by atoms with E-state index in [1.165, 1.54) is 5.56 Å². The zero-order valence-corrected chi connectivity index (χ0v) is 10.8. The molecule has 18 heavy (non-hydrogen) atoms. The minimum atomic E-state index is -0.753. The second-order valence-corrected chi connectivity index (χ2v) is 4.81. The molecule has 0 fully saturated rings. The lowest BCUT2D eigenvalue weighted by molar-refractivity contribution is 0.0269. The molecule has 2 aromatic rings. The van der Waals surface area contributed by atoms with Crippen LogP contribution in [0.3, 0.4) is 0 Å². The summed E-state index contributed by atoms with van der Waals surface area (Å²) in [6.07, 6.45) is 2.43. The van der Waals surface area contributed by atoms with Crippen LogP contribution in [0.2, 0.25) is 0 Å². The van der Waals surface area contributed by atoms with E-state index >= 15 is 0 Å². The molecule has 0 radical (unpaired) electrons. The molecule has 1 N–H and O–H groups in total. The molecule has 0 aliphatic heterocycles. The average molecular weight is 240 g/mol. The summed E-state index contributed by atoms with van der Waals surface area (Å²) in [5, 5.41) is 10.9. The maximum Gasteiger partial charge on any atom is 0.0936 e. The van der Waals surface area contributed by atoms with E-state index in [9.17, 15) is 5.11 Å². The maximum absolute atomic E-state index is 10.9. The van der Waals surface area contributed by atoms with E-state index in [2.05, 4.69) is 19.1 Å². The van der Waals surface area contributed by atoms with Crippen LogP contribution < -0.4 is 0 Å². The third-order valence-electron chi connectivity index (χ3n) is 3.31. The molecular weight excluding hydrogens is 220 g/mol. The molecule has 1 nitrogen and oxygen atoms in total. The predicted octanol–water partition coefficient (Wildman–Crippen LogP) is 3.92. The minimum absolute atomic E-state index is 0.672. The van der Waals surface area contributed by atoms with Crippen LogP contribution in [0, 0.1) is 0 Å². The Balaban J connectivity index is 2.27. The molecule has 0 aliphatic rings. The van der Waals surface area contributed by atoms with E-state index in [4.69, 9.17) is 0 Å². The zero-order chi connectivity index (χ0) is 12.8. The van der Waals surface area contributed by atoms with Gasteiger partial charge in [0.15, 0.2) is 0 Å². The predicted molar refractivity (Wildman–Crippen MR) is 75.4 cm³/mol. The highest BCUT2D eigenvalue weighted by Crippen LogP contribution is 2.30. The molecule has 2 rings (SSSR count). The molecule has 0 heterocycles. The van der Waals surface area contributed by atoms with Crippen LogP contribution in [0.15, 0.2) is 60.7 Å². The van der Waals surface area contributed by atoms with Gasteiger partial charge in [0.25, 0.3) is 0 Å². The molecular formula is C17H20O. The van der Waals surface area contributed by atoms with Gasteiger partial charge in [-0.05, 0) is 17.5 Å². The minimum Gasteiger partial charge on any atom is -0.385 e. The van der Waals surface area contributed by atoms with Gasteiger partial charge in [-0.1, -0.05) is 74.0 Å². The fraction of sp³-hybridized carbons (Fsp3) is 0.294. The second-order valence-electron chi connectivity index (χ2n) is 4.81. The van der Waals surface area contributed by atoms with Crippen molar-refractivity contribution in [2.75, 3.05) is 0 Å². The summed E-state index contributed by atoms with van der Waals surface area (Å²) in [6, 6.07) is 20.2. The first-order valence-corrected chi connectivity index (χ1v) is 6.56. The Morgan fingerprint density at radius 2 is 1.44 bits per heavy atom. The Morgan fingerprint density at radius 3 is 2.00 bits per heavy atom. The van der Waals surface area contributed by atoms with Crippen LogP contribution in [0.5, 0.6) is 0 Å². The first kappa shape index (κ1) is 12.8. The van der Waals surface area contributed by atoms with Crippen molar-refractivity contribution < 1.29 is 5.11 Å². The summed E-state index contributed by atoms with van der Waals surface area (Å²) in [4.78, 5) is 0. The number of benzene rings is 2. The highest BCUT2D eigenvalue weighted by atomic mass is 16.3. The monoisotopic (exact) mass is 240 g/mol. The largest absolute Gasteiger partial charge is 0.385 e. The van der Waals surface area contributed by atoms with Crippen molar-refractivity contribution in [2.45, 2.75) is 31.8 Å². The smallest absolute Gasteiger partial charge is 0.0936 e. The van der Waals surface area contributed by atoms with Crippen LogP contribution in [0.1, 0.15) is 30.9 Å². The van der Waals surface area contributed by atoms with Crippen molar-refractivity contribution in [3.63, 3.8) is 0 Å². The third kappa shape index (κ3) is 2.99. The Morgan fingerprint density at radius 1 is 0.889 bits per heavy atom. The lowest BCUT2D eigenvalue weighted by Gasteiger charge is -2.28. The quantitative estimate of drug-likeness (QED) is 0.840. The van der Waals surface area contributed by atoms with Gasteiger partial charge in [-0.3, -0.25) is 0 Å². The van der Waals surface area contributed by atoms with Gasteiger partial charge in [-0.25, -0.2) is 0 Å². The Bertz CT molecular complexity index is 463. The van der Waals surface area contributed by atoms with Gasteiger partial charge in [0.1, 0.15) is 0 Å². The molecule has 0 saturated heterocycles. The van der Waals surface area contributed by atoms with E-state index < -0.39 is 5.60 Å². The lowest BCUT2D eigenvalue weighted by atomic mass is 9.84. The van der Waals surface area contributed by atoms with E-state index in [1.807, 2.05) is 48.5 Å². The molecule has 0 amide bonds. The Labute approximate surface area is 109 Å².